The SMILES string of the molecule is O=C(CC1CNCCO1)Nc1nc(-c2ccccn2)cs1. The Morgan fingerprint density at radius 2 is 2.43 bits per heavy atom. The molecule has 3 rings (SSSR count). The molecule has 1 aliphatic heterocycles. The Kier molecular flexibility index (Phi) is 4.54. The molecule has 0 spiro atoms. The third kappa shape index (κ3) is 3.84. The lowest BCUT2D eigenvalue weighted by molar-refractivity contribution is -0.119. The third-order valence-corrected chi connectivity index (χ3v) is 3.85. The molecule has 0 saturated carbocycles. The highest BCUT2D eigenvalue weighted by atomic mass is 32.1. The maximum atomic E-state index is 12.0. The number of pyridine rings is 1. The van der Waals surface area contributed by atoms with Crippen LogP contribution >= 0.6 is 11.3 Å². The fourth-order valence-corrected chi connectivity index (χ4v) is 2.81. The van der Waals surface area contributed by atoms with Gasteiger partial charge in [0.25, 0.3) is 0 Å². The lowest BCUT2D eigenvalue weighted by Gasteiger charge is -2.22. The molecule has 2 aromatic rings. The molecule has 7 heteroatoms. The summed E-state index contributed by atoms with van der Waals surface area (Å²) in [5.74, 6) is -0.0781. The molecule has 1 fully saturated rings. The van der Waals surface area contributed by atoms with Crippen LogP contribution in [0.3, 0.4) is 0 Å². The molecule has 0 radical (unpaired) electrons. The number of hydrogen-bond donors (Lipinski definition) is 2. The van der Waals surface area contributed by atoms with Crippen molar-refractivity contribution >= 4 is 22.4 Å². The van der Waals surface area contributed by atoms with Crippen LogP contribution in [0.1, 0.15) is 6.42 Å². The van der Waals surface area contributed by atoms with Crippen LogP contribution in [0.2, 0.25) is 0 Å². The summed E-state index contributed by atoms with van der Waals surface area (Å²) in [5, 5.41) is 8.49. The van der Waals surface area contributed by atoms with Gasteiger partial charge in [-0.1, -0.05) is 6.07 Å². The van der Waals surface area contributed by atoms with Crippen LogP contribution in [-0.2, 0) is 9.53 Å². The maximum absolute atomic E-state index is 12.0. The fourth-order valence-electron chi connectivity index (χ4n) is 2.09. The van der Waals surface area contributed by atoms with Gasteiger partial charge in [-0.3, -0.25) is 9.78 Å². The van der Waals surface area contributed by atoms with Crippen molar-refractivity contribution in [2.75, 3.05) is 25.0 Å². The molecule has 2 N–H and O–H groups in total. The average Bonchev–Trinajstić information content (AvgIpc) is 2.97. The lowest BCUT2D eigenvalue weighted by Crippen LogP contribution is -2.40. The topological polar surface area (TPSA) is 76.1 Å². The molecule has 3 heterocycles. The second-order valence-corrected chi connectivity index (χ2v) is 5.56. The van der Waals surface area contributed by atoms with E-state index in [1.54, 1.807) is 6.20 Å². The molecular weight excluding hydrogens is 288 g/mol. The molecular formula is C14H16N4O2S. The molecule has 0 bridgehead atoms. The fraction of sp³-hybridized carbons (Fsp3) is 0.357. The minimum absolute atomic E-state index is 0.0611. The number of aromatic nitrogens is 2. The van der Waals surface area contributed by atoms with Crippen molar-refractivity contribution in [3.05, 3.63) is 29.8 Å². The predicted octanol–water partition coefficient (Wildman–Crippen LogP) is 1.52. The number of hydrogen-bond acceptors (Lipinski definition) is 6. The smallest absolute Gasteiger partial charge is 0.228 e. The number of amides is 1. The minimum atomic E-state index is -0.0781. The zero-order chi connectivity index (χ0) is 14.5. The molecule has 1 amide bonds. The van der Waals surface area contributed by atoms with E-state index in [0.29, 0.717) is 24.7 Å². The van der Waals surface area contributed by atoms with Gasteiger partial charge in [-0.05, 0) is 12.1 Å². The molecule has 0 aliphatic carbocycles. The van der Waals surface area contributed by atoms with E-state index in [4.69, 9.17) is 4.74 Å². The summed E-state index contributed by atoms with van der Waals surface area (Å²) in [6.07, 6.45) is 2.00. The van der Waals surface area contributed by atoms with E-state index in [9.17, 15) is 4.79 Å². The second kappa shape index (κ2) is 6.75. The summed E-state index contributed by atoms with van der Waals surface area (Å²) >= 11 is 1.40. The Morgan fingerprint density at radius 1 is 1.48 bits per heavy atom. The van der Waals surface area contributed by atoms with Crippen molar-refractivity contribution in [1.29, 1.82) is 0 Å². The first-order valence-corrected chi connectivity index (χ1v) is 7.68. The first-order valence-electron chi connectivity index (χ1n) is 6.80. The van der Waals surface area contributed by atoms with E-state index in [1.165, 1.54) is 11.3 Å². The minimum Gasteiger partial charge on any atom is -0.375 e. The quantitative estimate of drug-likeness (QED) is 0.895. The Hall–Kier alpha value is -1.83. The van der Waals surface area contributed by atoms with Gasteiger partial charge in [0.05, 0.1) is 24.8 Å². The van der Waals surface area contributed by atoms with Crippen LogP contribution in [0.15, 0.2) is 29.8 Å². The maximum Gasteiger partial charge on any atom is 0.228 e. The van der Waals surface area contributed by atoms with Gasteiger partial charge in [-0.25, -0.2) is 4.98 Å². The van der Waals surface area contributed by atoms with Crippen molar-refractivity contribution < 1.29 is 9.53 Å². The molecule has 1 atom stereocenters. The summed E-state index contributed by atoms with van der Waals surface area (Å²) in [6, 6.07) is 5.66. The number of carbonyl (C=O) groups excluding carboxylic acids is 1. The largest absolute Gasteiger partial charge is 0.375 e. The Labute approximate surface area is 126 Å². The van der Waals surface area contributed by atoms with Crippen LogP contribution in [0.25, 0.3) is 11.4 Å². The molecule has 21 heavy (non-hydrogen) atoms. The molecule has 1 saturated heterocycles. The van der Waals surface area contributed by atoms with Crippen molar-refractivity contribution in [1.82, 2.24) is 15.3 Å². The van der Waals surface area contributed by atoms with Gasteiger partial charge in [0.2, 0.25) is 5.91 Å². The molecule has 6 nitrogen and oxygen atoms in total. The summed E-state index contributed by atoms with van der Waals surface area (Å²) in [7, 11) is 0. The number of rotatable bonds is 4. The summed E-state index contributed by atoms with van der Waals surface area (Å²) in [6.45, 7) is 2.21. The Morgan fingerprint density at radius 3 is 3.19 bits per heavy atom. The van der Waals surface area contributed by atoms with Gasteiger partial charge in [0, 0.05) is 24.7 Å². The Balaban J connectivity index is 1.58. The third-order valence-electron chi connectivity index (χ3n) is 3.10. The van der Waals surface area contributed by atoms with Gasteiger partial charge in [-0.15, -0.1) is 11.3 Å². The van der Waals surface area contributed by atoms with Gasteiger partial charge < -0.3 is 15.4 Å². The second-order valence-electron chi connectivity index (χ2n) is 4.70. The van der Waals surface area contributed by atoms with Crippen LogP contribution in [-0.4, -0.2) is 41.7 Å². The molecule has 0 aromatic carbocycles. The van der Waals surface area contributed by atoms with E-state index < -0.39 is 0 Å². The monoisotopic (exact) mass is 304 g/mol. The summed E-state index contributed by atoms with van der Waals surface area (Å²) < 4.78 is 5.51. The van der Waals surface area contributed by atoms with E-state index in [2.05, 4.69) is 20.6 Å². The van der Waals surface area contributed by atoms with Gasteiger partial charge in [0.1, 0.15) is 5.69 Å². The van der Waals surface area contributed by atoms with Crippen molar-refractivity contribution in [2.24, 2.45) is 0 Å². The highest BCUT2D eigenvalue weighted by Crippen LogP contribution is 2.23. The van der Waals surface area contributed by atoms with E-state index in [-0.39, 0.29) is 12.0 Å². The molecule has 110 valence electrons. The van der Waals surface area contributed by atoms with Crippen molar-refractivity contribution in [2.45, 2.75) is 12.5 Å². The van der Waals surface area contributed by atoms with Crippen LogP contribution in [0, 0.1) is 0 Å². The normalized spacial score (nSPS) is 18.4. The predicted molar refractivity (Wildman–Crippen MR) is 81.2 cm³/mol. The summed E-state index contributed by atoms with van der Waals surface area (Å²) in [5.41, 5.74) is 1.57. The standard InChI is InChI=1S/C14H16N4O2S/c19-13(7-10-8-15-5-6-20-10)18-14-17-12(9-21-14)11-3-1-2-4-16-11/h1-4,9-10,15H,5-8H2,(H,17,18,19). The van der Waals surface area contributed by atoms with Crippen LogP contribution < -0.4 is 10.6 Å². The number of anilines is 1. The first-order chi connectivity index (χ1) is 10.3. The average molecular weight is 304 g/mol. The number of thiazole rings is 1. The van der Waals surface area contributed by atoms with E-state index in [0.717, 1.165) is 17.9 Å². The van der Waals surface area contributed by atoms with Crippen LogP contribution in [0.4, 0.5) is 5.13 Å². The van der Waals surface area contributed by atoms with Crippen LogP contribution in [0.5, 0.6) is 0 Å². The molecule has 1 aliphatic rings. The summed E-state index contributed by atoms with van der Waals surface area (Å²) in [4.78, 5) is 20.6. The lowest BCUT2D eigenvalue weighted by atomic mass is 10.2. The van der Waals surface area contributed by atoms with Crippen molar-refractivity contribution in [3.8, 4) is 11.4 Å². The number of carbonyl (C=O) groups is 1. The van der Waals surface area contributed by atoms with E-state index in [1.807, 2.05) is 23.6 Å². The Bertz CT molecular complexity index is 596. The van der Waals surface area contributed by atoms with Crippen molar-refractivity contribution in [3.63, 3.8) is 0 Å². The number of nitrogens with one attached hydrogen (secondary N) is 2. The molecule has 1 unspecified atom stereocenters. The van der Waals surface area contributed by atoms with E-state index >= 15 is 0 Å². The first kappa shape index (κ1) is 14.1. The highest BCUT2D eigenvalue weighted by Gasteiger charge is 2.18. The number of ether oxygens (including phenoxy) is 1. The number of nitrogens with zero attached hydrogens (tertiary/aromatic N) is 2. The van der Waals surface area contributed by atoms with Gasteiger partial charge in [-0.2, -0.15) is 0 Å². The van der Waals surface area contributed by atoms with Gasteiger partial charge in [0.15, 0.2) is 5.13 Å². The zero-order valence-corrected chi connectivity index (χ0v) is 12.2. The number of morpholine rings is 1. The highest BCUT2D eigenvalue weighted by molar-refractivity contribution is 7.14. The van der Waals surface area contributed by atoms with Gasteiger partial charge >= 0.3 is 0 Å². The molecule has 2 aromatic heterocycles. The zero-order valence-electron chi connectivity index (χ0n) is 11.4.